The number of rotatable bonds is 7. The van der Waals surface area contributed by atoms with Gasteiger partial charge in [0, 0.05) is 19.0 Å². The van der Waals surface area contributed by atoms with Crippen LogP contribution in [0.15, 0.2) is 0 Å². The minimum absolute atomic E-state index is 0.0432. The van der Waals surface area contributed by atoms with E-state index in [1.165, 1.54) is 0 Å². The Labute approximate surface area is 130 Å². The average molecular weight is 310 g/mol. The topological polar surface area (TPSA) is 96.2 Å². The predicted molar refractivity (Wildman–Crippen MR) is 80.8 cm³/mol. The summed E-state index contributed by atoms with van der Waals surface area (Å²) >= 11 is 0. The molecule has 2 rings (SSSR count). The van der Waals surface area contributed by atoms with Crippen LogP contribution in [0.1, 0.15) is 38.9 Å². The molecule has 1 amide bonds. The highest BCUT2D eigenvalue weighted by Crippen LogP contribution is 2.18. The molecule has 1 aromatic heterocycles. The standard InChI is InChI=1S/C14H26N6O2/c1-3-6-20-13(16-17-18-20)10-19-7-4-12(5-8-19)14(22)15-9-11(2)21/h11-12,21H,3-10H2,1-2H3,(H,15,22)/t11-/m0/s1. The highest BCUT2D eigenvalue weighted by atomic mass is 16.3. The highest BCUT2D eigenvalue weighted by molar-refractivity contribution is 5.78. The maximum atomic E-state index is 12.0. The molecule has 22 heavy (non-hydrogen) atoms. The van der Waals surface area contributed by atoms with Crippen molar-refractivity contribution in [3.63, 3.8) is 0 Å². The van der Waals surface area contributed by atoms with Crippen molar-refractivity contribution in [2.75, 3.05) is 19.6 Å². The number of piperidine rings is 1. The second kappa shape index (κ2) is 8.19. The molecule has 1 aromatic rings. The summed E-state index contributed by atoms with van der Waals surface area (Å²) in [5.74, 6) is 0.983. The number of carbonyl (C=O) groups is 1. The first-order chi connectivity index (χ1) is 10.6. The average Bonchev–Trinajstić information content (AvgIpc) is 2.93. The molecule has 2 N–H and O–H groups in total. The maximum Gasteiger partial charge on any atom is 0.223 e. The van der Waals surface area contributed by atoms with Gasteiger partial charge in [-0.15, -0.1) is 5.10 Å². The van der Waals surface area contributed by atoms with E-state index in [0.717, 1.165) is 51.3 Å². The van der Waals surface area contributed by atoms with Crippen LogP contribution >= 0.6 is 0 Å². The van der Waals surface area contributed by atoms with Gasteiger partial charge >= 0.3 is 0 Å². The van der Waals surface area contributed by atoms with E-state index in [-0.39, 0.29) is 11.8 Å². The molecule has 0 aromatic carbocycles. The van der Waals surface area contributed by atoms with Crippen molar-refractivity contribution in [1.29, 1.82) is 0 Å². The molecule has 1 saturated heterocycles. The number of nitrogens with zero attached hydrogens (tertiary/aromatic N) is 5. The molecule has 0 unspecified atom stereocenters. The van der Waals surface area contributed by atoms with Crippen molar-refractivity contribution in [3.05, 3.63) is 5.82 Å². The Morgan fingerprint density at radius 2 is 2.18 bits per heavy atom. The number of aliphatic hydroxyl groups is 1. The van der Waals surface area contributed by atoms with Gasteiger partial charge in [-0.2, -0.15) is 0 Å². The zero-order valence-electron chi connectivity index (χ0n) is 13.4. The first kappa shape index (κ1) is 16.8. The fourth-order valence-electron chi connectivity index (χ4n) is 2.67. The largest absolute Gasteiger partial charge is 0.392 e. The van der Waals surface area contributed by atoms with Gasteiger partial charge in [0.05, 0.1) is 12.6 Å². The van der Waals surface area contributed by atoms with E-state index in [2.05, 4.69) is 32.7 Å². The molecule has 1 aliphatic rings. The van der Waals surface area contributed by atoms with Crippen LogP contribution in [-0.2, 0) is 17.9 Å². The number of aryl methyl sites for hydroxylation is 1. The normalized spacial score (nSPS) is 18.3. The molecule has 124 valence electrons. The highest BCUT2D eigenvalue weighted by Gasteiger charge is 2.25. The molecule has 1 fully saturated rings. The number of tetrazole rings is 1. The van der Waals surface area contributed by atoms with Gasteiger partial charge in [0.15, 0.2) is 5.82 Å². The summed E-state index contributed by atoms with van der Waals surface area (Å²) in [4.78, 5) is 14.3. The fourth-order valence-corrected chi connectivity index (χ4v) is 2.67. The third-order valence-corrected chi connectivity index (χ3v) is 3.94. The number of nitrogens with one attached hydrogen (secondary N) is 1. The molecule has 0 spiro atoms. The monoisotopic (exact) mass is 310 g/mol. The van der Waals surface area contributed by atoms with Gasteiger partial charge in [-0.05, 0) is 49.7 Å². The van der Waals surface area contributed by atoms with E-state index in [0.29, 0.717) is 6.54 Å². The Hall–Kier alpha value is -1.54. The molecule has 0 saturated carbocycles. The van der Waals surface area contributed by atoms with Crippen molar-refractivity contribution < 1.29 is 9.90 Å². The molecule has 0 bridgehead atoms. The second-order valence-electron chi connectivity index (χ2n) is 5.96. The van der Waals surface area contributed by atoms with E-state index in [9.17, 15) is 9.90 Å². The third kappa shape index (κ3) is 4.74. The number of hydrogen-bond acceptors (Lipinski definition) is 6. The predicted octanol–water partition coefficient (Wildman–Crippen LogP) is -0.208. The molecule has 0 radical (unpaired) electrons. The zero-order chi connectivity index (χ0) is 15.9. The summed E-state index contributed by atoms with van der Waals surface area (Å²) < 4.78 is 1.85. The number of likely N-dealkylation sites (tertiary alicyclic amines) is 1. The van der Waals surface area contributed by atoms with Crippen LogP contribution < -0.4 is 5.32 Å². The number of carbonyl (C=O) groups excluding carboxylic acids is 1. The zero-order valence-corrected chi connectivity index (χ0v) is 13.4. The molecule has 1 atom stereocenters. The van der Waals surface area contributed by atoms with Crippen LogP contribution in [0.5, 0.6) is 0 Å². The summed E-state index contributed by atoms with van der Waals surface area (Å²) in [5.41, 5.74) is 0. The molecule has 8 nitrogen and oxygen atoms in total. The summed E-state index contributed by atoms with van der Waals surface area (Å²) in [6.07, 6.45) is 2.17. The Morgan fingerprint density at radius 1 is 1.45 bits per heavy atom. The van der Waals surface area contributed by atoms with Crippen molar-refractivity contribution in [2.24, 2.45) is 5.92 Å². The Kier molecular flexibility index (Phi) is 6.26. The quantitative estimate of drug-likeness (QED) is 0.723. The number of aromatic nitrogens is 4. The minimum atomic E-state index is -0.499. The SMILES string of the molecule is CCCn1nnnc1CN1CCC(C(=O)NC[C@H](C)O)CC1. The van der Waals surface area contributed by atoms with Crippen LogP contribution in [0, 0.1) is 5.92 Å². The lowest BCUT2D eigenvalue weighted by Gasteiger charge is -2.30. The van der Waals surface area contributed by atoms with Gasteiger partial charge in [0.1, 0.15) is 0 Å². The van der Waals surface area contributed by atoms with Crippen molar-refractivity contribution in [2.45, 2.75) is 52.3 Å². The van der Waals surface area contributed by atoms with E-state index >= 15 is 0 Å². The molecule has 0 aliphatic carbocycles. The summed E-state index contributed by atoms with van der Waals surface area (Å²) in [6, 6.07) is 0. The first-order valence-corrected chi connectivity index (χ1v) is 8.03. The lowest BCUT2D eigenvalue weighted by Crippen LogP contribution is -2.42. The van der Waals surface area contributed by atoms with Crippen LogP contribution in [0.25, 0.3) is 0 Å². The molecule has 1 aliphatic heterocycles. The van der Waals surface area contributed by atoms with Crippen LogP contribution in [0.4, 0.5) is 0 Å². The molecular formula is C14H26N6O2. The van der Waals surface area contributed by atoms with Gasteiger partial charge in [-0.25, -0.2) is 4.68 Å². The maximum absolute atomic E-state index is 12.0. The Bertz CT molecular complexity index is 468. The lowest BCUT2D eigenvalue weighted by atomic mass is 9.96. The van der Waals surface area contributed by atoms with Crippen molar-refractivity contribution >= 4 is 5.91 Å². The van der Waals surface area contributed by atoms with Crippen molar-refractivity contribution in [1.82, 2.24) is 30.4 Å². The first-order valence-electron chi connectivity index (χ1n) is 8.03. The third-order valence-electron chi connectivity index (χ3n) is 3.94. The Morgan fingerprint density at radius 3 is 2.82 bits per heavy atom. The molecule has 8 heteroatoms. The fraction of sp³-hybridized carbons (Fsp3) is 0.857. The van der Waals surface area contributed by atoms with Gasteiger partial charge < -0.3 is 10.4 Å². The van der Waals surface area contributed by atoms with Crippen LogP contribution in [0.2, 0.25) is 0 Å². The Balaban J connectivity index is 1.77. The van der Waals surface area contributed by atoms with Gasteiger partial charge in [0.2, 0.25) is 5.91 Å². The van der Waals surface area contributed by atoms with E-state index in [4.69, 9.17) is 0 Å². The number of hydrogen-bond donors (Lipinski definition) is 2. The summed E-state index contributed by atoms with van der Waals surface area (Å²) in [6.45, 7) is 7.39. The smallest absolute Gasteiger partial charge is 0.223 e. The van der Waals surface area contributed by atoms with Gasteiger partial charge in [-0.3, -0.25) is 9.69 Å². The lowest BCUT2D eigenvalue weighted by molar-refractivity contribution is -0.126. The summed E-state index contributed by atoms with van der Waals surface area (Å²) in [5, 5.41) is 23.8. The molecular weight excluding hydrogens is 284 g/mol. The number of aliphatic hydroxyl groups excluding tert-OH is 1. The van der Waals surface area contributed by atoms with E-state index in [1.807, 2.05) is 4.68 Å². The summed E-state index contributed by atoms with van der Waals surface area (Å²) in [7, 11) is 0. The van der Waals surface area contributed by atoms with Gasteiger partial charge in [-0.1, -0.05) is 6.92 Å². The van der Waals surface area contributed by atoms with E-state index < -0.39 is 6.10 Å². The van der Waals surface area contributed by atoms with Gasteiger partial charge in [0.25, 0.3) is 0 Å². The number of amides is 1. The molecule has 2 heterocycles. The van der Waals surface area contributed by atoms with Crippen molar-refractivity contribution in [3.8, 4) is 0 Å². The minimum Gasteiger partial charge on any atom is -0.392 e. The second-order valence-corrected chi connectivity index (χ2v) is 5.96. The van der Waals surface area contributed by atoms with Crippen LogP contribution in [0.3, 0.4) is 0 Å². The van der Waals surface area contributed by atoms with E-state index in [1.54, 1.807) is 6.92 Å². The van der Waals surface area contributed by atoms with Crippen LogP contribution in [-0.4, -0.2) is 61.9 Å².